The predicted octanol–water partition coefficient (Wildman–Crippen LogP) is 3.76. The van der Waals surface area contributed by atoms with E-state index < -0.39 is 24.5 Å². The van der Waals surface area contributed by atoms with Crippen LogP contribution in [0.1, 0.15) is 27.6 Å². The number of halogens is 2. The first kappa shape index (κ1) is 18.4. The molecule has 1 atom stereocenters. The number of esters is 1. The van der Waals surface area contributed by atoms with Gasteiger partial charge in [-0.1, -0.05) is 12.1 Å². The molecule has 0 radical (unpaired) electrons. The minimum atomic E-state index is -2.94. The lowest BCUT2D eigenvalue weighted by atomic mass is 10.1. The Morgan fingerprint density at radius 3 is 2.28 bits per heavy atom. The average molecular weight is 349 g/mol. The highest BCUT2D eigenvalue weighted by atomic mass is 19.3. The third-order valence-corrected chi connectivity index (χ3v) is 3.43. The van der Waals surface area contributed by atoms with E-state index in [4.69, 9.17) is 4.74 Å². The van der Waals surface area contributed by atoms with E-state index in [9.17, 15) is 18.4 Å². The molecule has 0 saturated heterocycles. The largest absolute Gasteiger partial charge is 0.451 e. The topological polar surface area (TPSA) is 64.6 Å². The van der Waals surface area contributed by atoms with Crippen LogP contribution in [0.4, 0.5) is 14.5 Å². The van der Waals surface area contributed by atoms with Crippen LogP contribution in [-0.2, 0) is 4.74 Å². The summed E-state index contributed by atoms with van der Waals surface area (Å²) in [5.41, 5.74) is 1.12. The number of hydrogen-bond donors (Lipinski definition) is 1. The molecule has 0 unspecified atom stereocenters. The smallest absolute Gasteiger partial charge is 0.387 e. The number of alkyl halides is 2. The third-order valence-electron chi connectivity index (χ3n) is 3.43. The van der Waals surface area contributed by atoms with Gasteiger partial charge in [0.25, 0.3) is 0 Å². The van der Waals surface area contributed by atoms with E-state index in [2.05, 4.69) is 10.1 Å². The summed E-state index contributed by atoms with van der Waals surface area (Å²) in [7, 11) is 1.67. The minimum Gasteiger partial charge on any atom is -0.451 e. The van der Waals surface area contributed by atoms with Crippen LogP contribution in [0.3, 0.4) is 0 Å². The number of para-hydroxylation sites is 1. The van der Waals surface area contributed by atoms with Crippen LogP contribution in [0.25, 0.3) is 0 Å². The first-order chi connectivity index (χ1) is 11.9. The molecule has 0 fully saturated rings. The zero-order valence-electron chi connectivity index (χ0n) is 13.7. The molecule has 2 aromatic rings. The second-order valence-electron chi connectivity index (χ2n) is 5.11. The molecule has 0 amide bonds. The third kappa shape index (κ3) is 4.76. The second-order valence-corrected chi connectivity index (χ2v) is 5.11. The fraction of sp³-hybridized carbons (Fsp3) is 0.222. The minimum absolute atomic E-state index is 0.0563. The van der Waals surface area contributed by atoms with E-state index in [-0.39, 0.29) is 11.3 Å². The summed E-state index contributed by atoms with van der Waals surface area (Å²) in [6.07, 6.45) is -1.03. The number of Topliss-reactive ketones (excluding diaryl/α,β-unsaturated/α-hetero) is 1. The maximum atomic E-state index is 12.3. The number of carbonyl (C=O) groups is 2. The Balaban J connectivity index is 2.05. The number of benzene rings is 2. The summed E-state index contributed by atoms with van der Waals surface area (Å²) >= 11 is 0. The molecule has 5 nitrogen and oxygen atoms in total. The molecule has 0 saturated carbocycles. The van der Waals surface area contributed by atoms with Crippen molar-refractivity contribution in [1.29, 1.82) is 0 Å². The molecule has 0 aliphatic carbocycles. The summed E-state index contributed by atoms with van der Waals surface area (Å²) < 4.78 is 33.7. The van der Waals surface area contributed by atoms with Crippen LogP contribution in [0.5, 0.6) is 5.75 Å². The van der Waals surface area contributed by atoms with Crippen LogP contribution in [0, 0.1) is 0 Å². The standard InChI is InChI=1S/C18H17F2NO4/c1-11(24-17(23)14-5-3-4-6-15(14)21-2)16(22)12-7-9-13(10-8-12)25-18(19)20/h3-11,18,21H,1-2H3/t11-/m0/s1. The van der Waals surface area contributed by atoms with Crippen LogP contribution in [0.15, 0.2) is 48.5 Å². The van der Waals surface area contributed by atoms with Gasteiger partial charge in [0.05, 0.1) is 5.56 Å². The lowest BCUT2D eigenvalue weighted by Gasteiger charge is -2.14. The van der Waals surface area contributed by atoms with Gasteiger partial charge in [-0.25, -0.2) is 4.79 Å². The van der Waals surface area contributed by atoms with Gasteiger partial charge < -0.3 is 14.8 Å². The van der Waals surface area contributed by atoms with Crippen molar-refractivity contribution in [2.24, 2.45) is 0 Å². The van der Waals surface area contributed by atoms with Gasteiger partial charge in [0.15, 0.2) is 6.10 Å². The van der Waals surface area contributed by atoms with Crippen LogP contribution >= 0.6 is 0 Å². The normalized spacial score (nSPS) is 11.7. The number of anilines is 1. The van der Waals surface area contributed by atoms with Gasteiger partial charge in [-0.15, -0.1) is 0 Å². The van der Waals surface area contributed by atoms with Gasteiger partial charge >= 0.3 is 12.6 Å². The Morgan fingerprint density at radius 1 is 1.04 bits per heavy atom. The zero-order chi connectivity index (χ0) is 18.4. The molecule has 2 rings (SSSR count). The molecule has 25 heavy (non-hydrogen) atoms. The van der Waals surface area contributed by atoms with E-state index in [1.165, 1.54) is 31.2 Å². The number of hydrogen-bond acceptors (Lipinski definition) is 5. The highest BCUT2D eigenvalue weighted by molar-refractivity contribution is 6.02. The number of carbonyl (C=O) groups excluding carboxylic acids is 2. The highest BCUT2D eigenvalue weighted by Gasteiger charge is 2.22. The second kappa shape index (κ2) is 8.23. The van der Waals surface area contributed by atoms with Gasteiger partial charge in [0, 0.05) is 18.3 Å². The van der Waals surface area contributed by atoms with Crippen molar-refractivity contribution in [3.05, 3.63) is 59.7 Å². The van der Waals surface area contributed by atoms with E-state index >= 15 is 0 Å². The summed E-state index contributed by atoms with van der Waals surface area (Å²) in [6, 6.07) is 11.9. The predicted molar refractivity (Wildman–Crippen MR) is 88.3 cm³/mol. The van der Waals surface area contributed by atoms with Crippen molar-refractivity contribution < 1.29 is 27.8 Å². The molecule has 132 valence electrons. The summed E-state index contributed by atoms with van der Waals surface area (Å²) in [6.45, 7) is -1.49. The maximum absolute atomic E-state index is 12.3. The summed E-state index contributed by atoms with van der Waals surface area (Å²) in [5, 5.41) is 2.87. The molecule has 0 aromatic heterocycles. The first-order valence-corrected chi connectivity index (χ1v) is 7.49. The van der Waals surface area contributed by atoms with Gasteiger partial charge in [0.1, 0.15) is 5.75 Å². The van der Waals surface area contributed by atoms with Crippen molar-refractivity contribution >= 4 is 17.4 Å². The van der Waals surface area contributed by atoms with Crippen molar-refractivity contribution in [3.8, 4) is 5.75 Å². The number of rotatable bonds is 7. The molecule has 2 aromatic carbocycles. The van der Waals surface area contributed by atoms with Crippen LogP contribution < -0.4 is 10.1 Å². The fourth-order valence-electron chi connectivity index (χ4n) is 2.19. The summed E-state index contributed by atoms with van der Waals surface area (Å²) in [5.74, 6) is -1.14. The van der Waals surface area contributed by atoms with E-state index in [0.717, 1.165) is 0 Å². The number of ketones is 1. The van der Waals surface area contributed by atoms with Gasteiger partial charge in [0.2, 0.25) is 5.78 Å². The Morgan fingerprint density at radius 2 is 1.68 bits per heavy atom. The van der Waals surface area contributed by atoms with Crippen LogP contribution in [-0.4, -0.2) is 31.5 Å². The zero-order valence-corrected chi connectivity index (χ0v) is 13.7. The molecule has 1 N–H and O–H groups in total. The maximum Gasteiger partial charge on any atom is 0.387 e. The molecule has 0 aliphatic rings. The van der Waals surface area contributed by atoms with Crippen molar-refractivity contribution in [1.82, 2.24) is 0 Å². The molecular formula is C18H17F2NO4. The molecule has 0 heterocycles. The van der Waals surface area contributed by atoms with Crippen LogP contribution in [0.2, 0.25) is 0 Å². The van der Waals surface area contributed by atoms with Gasteiger partial charge in [-0.05, 0) is 43.3 Å². The quantitative estimate of drug-likeness (QED) is 0.609. The van der Waals surface area contributed by atoms with E-state index in [1.54, 1.807) is 31.3 Å². The molecular weight excluding hydrogens is 332 g/mol. The average Bonchev–Trinajstić information content (AvgIpc) is 2.61. The Kier molecular flexibility index (Phi) is 6.05. The lowest BCUT2D eigenvalue weighted by Crippen LogP contribution is -2.24. The van der Waals surface area contributed by atoms with Gasteiger partial charge in [-0.3, -0.25) is 4.79 Å². The molecule has 0 aliphatic heterocycles. The summed E-state index contributed by atoms with van der Waals surface area (Å²) in [4.78, 5) is 24.5. The van der Waals surface area contributed by atoms with Crippen molar-refractivity contribution in [2.75, 3.05) is 12.4 Å². The molecule has 7 heteroatoms. The lowest BCUT2D eigenvalue weighted by molar-refractivity contribution is -0.0498. The Labute approximate surface area is 143 Å². The molecule has 0 spiro atoms. The van der Waals surface area contributed by atoms with Crippen molar-refractivity contribution in [3.63, 3.8) is 0 Å². The van der Waals surface area contributed by atoms with E-state index in [0.29, 0.717) is 11.3 Å². The SMILES string of the molecule is CNc1ccccc1C(=O)O[C@@H](C)C(=O)c1ccc(OC(F)F)cc1. The Bertz CT molecular complexity index is 747. The molecule has 0 bridgehead atoms. The number of ether oxygens (including phenoxy) is 2. The number of nitrogens with one attached hydrogen (secondary N) is 1. The first-order valence-electron chi connectivity index (χ1n) is 7.49. The van der Waals surface area contributed by atoms with E-state index in [1.807, 2.05) is 0 Å². The Hall–Kier alpha value is -2.96. The van der Waals surface area contributed by atoms with Gasteiger partial charge in [-0.2, -0.15) is 8.78 Å². The fourth-order valence-corrected chi connectivity index (χ4v) is 2.19. The highest BCUT2D eigenvalue weighted by Crippen LogP contribution is 2.19. The van der Waals surface area contributed by atoms with Crippen molar-refractivity contribution in [2.45, 2.75) is 19.6 Å². The monoisotopic (exact) mass is 349 g/mol.